The molecule has 1 aliphatic carbocycles. The van der Waals surface area contributed by atoms with Gasteiger partial charge in [-0.15, -0.1) is 0 Å². The van der Waals surface area contributed by atoms with E-state index in [9.17, 15) is 4.79 Å². The van der Waals surface area contributed by atoms with Crippen molar-refractivity contribution >= 4 is 17.6 Å². The van der Waals surface area contributed by atoms with Crippen molar-refractivity contribution in [2.75, 3.05) is 18.4 Å². The molecular weight excluding hydrogens is 374 g/mol. The standard InChI is InChI=1S/C24H31N5O/c25-23(30)21-8-3-11-29(16-21)15-18-5-1-4-17(12-18)14-27-24(26)28-22-10-9-19-6-2-7-20(19)13-22/h1,4-5,9-10,12-13,21H,2-3,6-8,11,14-16H2,(H2,25,30)(H3,26,27,28). The number of aliphatic imine (C=N–C) groups is 1. The summed E-state index contributed by atoms with van der Waals surface area (Å²) < 4.78 is 0. The van der Waals surface area contributed by atoms with Gasteiger partial charge in [-0.25, -0.2) is 4.99 Å². The molecule has 2 aliphatic rings. The summed E-state index contributed by atoms with van der Waals surface area (Å²) in [6, 6.07) is 14.9. The van der Waals surface area contributed by atoms with Crippen LogP contribution in [0.2, 0.25) is 0 Å². The fourth-order valence-electron chi connectivity index (χ4n) is 4.53. The van der Waals surface area contributed by atoms with Crippen molar-refractivity contribution < 1.29 is 4.79 Å². The Morgan fingerprint density at radius 2 is 1.90 bits per heavy atom. The van der Waals surface area contributed by atoms with E-state index in [1.165, 1.54) is 29.5 Å². The van der Waals surface area contributed by atoms with Crippen LogP contribution in [0.1, 0.15) is 41.5 Å². The number of amides is 1. The average Bonchev–Trinajstić information content (AvgIpc) is 3.21. The number of hydrogen-bond acceptors (Lipinski definition) is 3. The number of rotatable bonds is 6. The highest BCUT2D eigenvalue weighted by Crippen LogP contribution is 2.25. The summed E-state index contributed by atoms with van der Waals surface area (Å²) in [5.74, 6) is 0.212. The van der Waals surface area contributed by atoms with Gasteiger partial charge in [0.05, 0.1) is 12.5 Å². The Bertz CT molecular complexity index is 939. The van der Waals surface area contributed by atoms with Crippen LogP contribution in [0, 0.1) is 5.92 Å². The highest BCUT2D eigenvalue weighted by Gasteiger charge is 2.23. The molecule has 6 heteroatoms. The number of likely N-dealkylation sites (tertiary alicyclic amines) is 1. The van der Waals surface area contributed by atoms with E-state index < -0.39 is 0 Å². The molecule has 1 aliphatic heterocycles. The maximum Gasteiger partial charge on any atom is 0.221 e. The zero-order valence-electron chi connectivity index (χ0n) is 17.4. The number of primary amides is 1. The molecule has 0 spiro atoms. The molecule has 0 aromatic heterocycles. The zero-order chi connectivity index (χ0) is 20.9. The number of nitrogens with zero attached hydrogens (tertiary/aromatic N) is 2. The maximum absolute atomic E-state index is 11.5. The number of fused-ring (bicyclic) bond motifs is 1. The van der Waals surface area contributed by atoms with Gasteiger partial charge in [-0.3, -0.25) is 9.69 Å². The van der Waals surface area contributed by atoms with Gasteiger partial charge >= 0.3 is 0 Å². The molecule has 2 aromatic carbocycles. The smallest absolute Gasteiger partial charge is 0.221 e. The third-order valence-electron chi connectivity index (χ3n) is 6.11. The number of hydrogen-bond donors (Lipinski definition) is 3. The number of piperidine rings is 1. The zero-order valence-corrected chi connectivity index (χ0v) is 17.4. The fraction of sp³-hybridized carbons (Fsp3) is 0.417. The van der Waals surface area contributed by atoms with Gasteiger partial charge in [0.1, 0.15) is 0 Å². The van der Waals surface area contributed by atoms with E-state index in [2.05, 4.69) is 57.7 Å². The molecule has 158 valence electrons. The summed E-state index contributed by atoms with van der Waals surface area (Å²) in [5, 5.41) is 3.21. The van der Waals surface area contributed by atoms with E-state index in [4.69, 9.17) is 11.5 Å². The van der Waals surface area contributed by atoms with Gasteiger partial charge in [-0.1, -0.05) is 30.3 Å². The van der Waals surface area contributed by atoms with Crippen LogP contribution in [0.25, 0.3) is 0 Å². The minimum Gasteiger partial charge on any atom is -0.370 e. The molecule has 1 unspecified atom stereocenters. The monoisotopic (exact) mass is 405 g/mol. The summed E-state index contributed by atoms with van der Waals surface area (Å²) >= 11 is 0. The van der Waals surface area contributed by atoms with Gasteiger partial charge in [0.15, 0.2) is 5.96 Å². The second-order valence-corrected chi connectivity index (χ2v) is 8.46. The second-order valence-electron chi connectivity index (χ2n) is 8.46. The van der Waals surface area contributed by atoms with E-state index in [0.29, 0.717) is 12.5 Å². The third kappa shape index (κ3) is 5.19. The summed E-state index contributed by atoms with van der Waals surface area (Å²) in [7, 11) is 0. The van der Waals surface area contributed by atoms with Crippen molar-refractivity contribution in [3.63, 3.8) is 0 Å². The molecule has 30 heavy (non-hydrogen) atoms. The average molecular weight is 406 g/mol. The molecule has 0 saturated carbocycles. The number of guanidine groups is 1. The maximum atomic E-state index is 11.5. The molecule has 1 heterocycles. The van der Waals surface area contributed by atoms with Gasteiger partial charge < -0.3 is 16.8 Å². The van der Waals surface area contributed by atoms with Gasteiger partial charge in [-0.2, -0.15) is 0 Å². The van der Waals surface area contributed by atoms with Gasteiger partial charge in [0.25, 0.3) is 0 Å². The highest BCUT2D eigenvalue weighted by atomic mass is 16.1. The van der Waals surface area contributed by atoms with E-state index in [0.717, 1.165) is 50.1 Å². The second kappa shape index (κ2) is 9.30. The van der Waals surface area contributed by atoms with Gasteiger partial charge in [0.2, 0.25) is 5.91 Å². The molecule has 0 radical (unpaired) electrons. The Balaban J connectivity index is 1.34. The molecule has 4 rings (SSSR count). The SMILES string of the molecule is NC(=O)C1CCCN(Cc2cccc(CN=C(N)Nc3ccc4c(c3)CCC4)c2)C1. The van der Waals surface area contributed by atoms with E-state index in [1.54, 1.807) is 0 Å². The van der Waals surface area contributed by atoms with Crippen molar-refractivity contribution in [3.05, 3.63) is 64.7 Å². The number of benzene rings is 2. The topological polar surface area (TPSA) is 96.7 Å². The van der Waals surface area contributed by atoms with Crippen molar-refractivity contribution in [1.82, 2.24) is 4.90 Å². The summed E-state index contributed by atoms with van der Waals surface area (Å²) in [6.07, 6.45) is 5.47. The Labute approximate surface area is 178 Å². The van der Waals surface area contributed by atoms with Crippen LogP contribution in [-0.2, 0) is 30.7 Å². The van der Waals surface area contributed by atoms with Crippen LogP contribution in [-0.4, -0.2) is 29.9 Å². The third-order valence-corrected chi connectivity index (χ3v) is 6.11. The lowest BCUT2D eigenvalue weighted by Crippen LogP contribution is -2.40. The quantitative estimate of drug-likeness (QED) is 0.509. The fourth-order valence-corrected chi connectivity index (χ4v) is 4.53. The highest BCUT2D eigenvalue weighted by molar-refractivity contribution is 5.92. The predicted molar refractivity (Wildman–Crippen MR) is 121 cm³/mol. The van der Waals surface area contributed by atoms with Gasteiger partial charge in [-0.05, 0) is 73.0 Å². The number of carbonyl (C=O) groups excluding carboxylic acids is 1. The molecule has 5 N–H and O–H groups in total. The Hall–Kier alpha value is -2.86. The van der Waals surface area contributed by atoms with Crippen molar-refractivity contribution in [1.29, 1.82) is 0 Å². The number of carbonyl (C=O) groups is 1. The molecular formula is C24H31N5O. The molecule has 1 fully saturated rings. The van der Waals surface area contributed by atoms with Crippen LogP contribution < -0.4 is 16.8 Å². The number of nitrogens with two attached hydrogens (primary N) is 2. The van der Waals surface area contributed by atoms with Crippen LogP contribution in [0.15, 0.2) is 47.5 Å². The Morgan fingerprint density at radius 3 is 2.77 bits per heavy atom. The van der Waals surface area contributed by atoms with Crippen molar-refractivity contribution in [2.24, 2.45) is 22.4 Å². The van der Waals surface area contributed by atoms with E-state index in [1.807, 2.05) is 0 Å². The molecule has 2 aromatic rings. The van der Waals surface area contributed by atoms with Crippen molar-refractivity contribution in [2.45, 2.75) is 45.2 Å². The van der Waals surface area contributed by atoms with Crippen LogP contribution in [0.4, 0.5) is 5.69 Å². The van der Waals surface area contributed by atoms with E-state index >= 15 is 0 Å². The Kier molecular flexibility index (Phi) is 6.33. The van der Waals surface area contributed by atoms with Crippen LogP contribution >= 0.6 is 0 Å². The van der Waals surface area contributed by atoms with Crippen LogP contribution in [0.5, 0.6) is 0 Å². The first-order chi connectivity index (χ1) is 14.6. The van der Waals surface area contributed by atoms with Gasteiger partial charge in [0, 0.05) is 18.8 Å². The Morgan fingerprint density at radius 1 is 1.07 bits per heavy atom. The normalized spacial score (nSPS) is 19.5. The first kappa shape index (κ1) is 20.4. The summed E-state index contributed by atoms with van der Waals surface area (Å²) in [4.78, 5) is 18.3. The molecule has 1 atom stereocenters. The number of anilines is 1. The van der Waals surface area contributed by atoms with Crippen LogP contribution in [0.3, 0.4) is 0 Å². The van der Waals surface area contributed by atoms with E-state index in [-0.39, 0.29) is 11.8 Å². The minimum atomic E-state index is -0.186. The minimum absolute atomic E-state index is 0.0309. The number of aryl methyl sites for hydroxylation is 2. The first-order valence-electron chi connectivity index (χ1n) is 10.8. The lowest BCUT2D eigenvalue weighted by atomic mass is 9.97. The lowest BCUT2D eigenvalue weighted by molar-refractivity contribution is -0.123. The summed E-state index contributed by atoms with van der Waals surface area (Å²) in [5.41, 5.74) is 17.8. The summed E-state index contributed by atoms with van der Waals surface area (Å²) in [6.45, 7) is 3.10. The molecule has 1 saturated heterocycles. The molecule has 6 nitrogen and oxygen atoms in total. The molecule has 1 amide bonds. The largest absolute Gasteiger partial charge is 0.370 e. The lowest BCUT2D eigenvalue weighted by Gasteiger charge is -2.31. The predicted octanol–water partition coefficient (Wildman–Crippen LogP) is 2.80. The number of nitrogens with one attached hydrogen (secondary N) is 1. The molecule has 0 bridgehead atoms. The first-order valence-corrected chi connectivity index (χ1v) is 10.8. The van der Waals surface area contributed by atoms with Crippen molar-refractivity contribution in [3.8, 4) is 0 Å².